The maximum absolute atomic E-state index is 14.2. The number of carbonyl (C=O) groups excluding carboxylic acids is 1. The van der Waals surface area contributed by atoms with E-state index in [9.17, 15) is 35.3 Å². The lowest BCUT2D eigenvalue weighted by atomic mass is 10.1. The zero-order chi connectivity index (χ0) is 30.7. The fraction of sp³-hybridized carbons (Fsp3) is 0.0690. The lowest BCUT2D eigenvalue weighted by Gasteiger charge is -2.13. The summed E-state index contributed by atoms with van der Waals surface area (Å²) in [6.45, 7) is 1.56. The molecule has 0 atom stereocenters. The van der Waals surface area contributed by atoms with Gasteiger partial charge in [0.1, 0.15) is 26.0 Å². The van der Waals surface area contributed by atoms with Crippen molar-refractivity contribution in [1.82, 2.24) is 9.97 Å². The minimum Gasteiger partial charge on any atom is -0.744 e. The Hall–Kier alpha value is -4.24. The predicted octanol–water partition coefficient (Wildman–Crippen LogP) is 7.86. The van der Waals surface area contributed by atoms with Gasteiger partial charge in [0.25, 0.3) is 5.91 Å². The van der Waals surface area contributed by atoms with E-state index in [1.165, 1.54) is 23.5 Å². The van der Waals surface area contributed by atoms with Gasteiger partial charge in [0.15, 0.2) is 0 Å². The highest BCUT2D eigenvalue weighted by Gasteiger charge is 2.36. The molecule has 14 heteroatoms. The number of anilines is 1. The Kier molecular flexibility index (Phi) is 7.04. The van der Waals surface area contributed by atoms with E-state index in [0.717, 1.165) is 28.2 Å². The van der Waals surface area contributed by atoms with E-state index in [2.05, 4.69) is 15.3 Å². The summed E-state index contributed by atoms with van der Waals surface area (Å²) < 4.78 is 90.8. The number of hydrogen-bond acceptors (Lipinski definition) is 8. The SMILES string of the molecule is Cc1ccc2nc(-c3ccc4nc(-c5ccc(NC(=O)c6c(F)cccc6C(F)(F)F)cc5)sc4c3)sc2c1S(=O)(=O)[O-]. The van der Waals surface area contributed by atoms with Crippen molar-refractivity contribution >= 4 is 64.8 Å². The smallest absolute Gasteiger partial charge is 0.417 e. The van der Waals surface area contributed by atoms with Crippen molar-refractivity contribution in [1.29, 1.82) is 0 Å². The number of rotatable bonds is 5. The van der Waals surface area contributed by atoms with Gasteiger partial charge in [0.05, 0.1) is 36.5 Å². The molecule has 2 heterocycles. The van der Waals surface area contributed by atoms with Crippen LogP contribution in [0.25, 0.3) is 41.6 Å². The molecule has 0 aliphatic rings. The first-order valence-electron chi connectivity index (χ1n) is 12.3. The molecule has 0 spiro atoms. The number of fused-ring (bicyclic) bond motifs is 2. The first-order valence-corrected chi connectivity index (χ1v) is 15.4. The van der Waals surface area contributed by atoms with Crippen LogP contribution in [-0.4, -0.2) is 28.8 Å². The average molecular weight is 643 g/mol. The van der Waals surface area contributed by atoms with Crippen molar-refractivity contribution in [3.8, 4) is 21.1 Å². The van der Waals surface area contributed by atoms with E-state index >= 15 is 0 Å². The Morgan fingerprint density at radius 1 is 0.884 bits per heavy atom. The number of benzene rings is 4. The molecule has 0 aliphatic carbocycles. The molecule has 0 saturated heterocycles. The average Bonchev–Trinajstić information content (AvgIpc) is 3.56. The molecule has 43 heavy (non-hydrogen) atoms. The number of aromatic nitrogens is 2. The van der Waals surface area contributed by atoms with Gasteiger partial charge in [-0.1, -0.05) is 12.1 Å². The minimum absolute atomic E-state index is 0.166. The second-order valence-electron chi connectivity index (χ2n) is 9.43. The number of aryl methyl sites for hydroxylation is 1. The first-order chi connectivity index (χ1) is 20.3. The van der Waals surface area contributed by atoms with Crippen LogP contribution in [0.1, 0.15) is 21.5 Å². The summed E-state index contributed by atoms with van der Waals surface area (Å²) in [6, 6.07) is 17.2. The summed E-state index contributed by atoms with van der Waals surface area (Å²) in [5.74, 6) is -2.51. The fourth-order valence-corrected chi connectivity index (χ4v) is 7.85. The molecule has 0 aliphatic heterocycles. The number of hydrogen-bond donors (Lipinski definition) is 1. The van der Waals surface area contributed by atoms with Gasteiger partial charge in [0, 0.05) is 16.8 Å². The van der Waals surface area contributed by atoms with Crippen molar-refractivity contribution in [3.63, 3.8) is 0 Å². The van der Waals surface area contributed by atoms with Crippen LogP contribution in [0.15, 0.2) is 77.7 Å². The molecule has 1 N–H and O–H groups in total. The fourth-order valence-electron chi connectivity index (χ4n) is 4.56. The number of nitrogens with zero attached hydrogens (tertiary/aromatic N) is 2. The first kappa shape index (κ1) is 28.9. The van der Waals surface area contributed by atoms with E-state index in [4.69, 9.17) is 0 Å². The van der Waals surface area contributed by atoms with E-state index < -0.39 is 39.1 Å². The lowest BCUT2D eigenvalue weighted by Crippen LogP contribution is -2.20. The Bertz CT molecular complexity index is 2170. The predicted molar refractivity (Wildman–Crippen MR) is 156 cm³/mol. The van der Waals surface area contributed by atoms with Crippen LogP contribution in [0, 0.1) is 12.7 Å². The topological polar surface area (TPSA) is 112 Å². The summed E-state index contributed by atoms with van der Waals surface area (Å²) in [7, 11) is -4.70. The maximum atomic E-state index is 14.2. The van der Waals surface area contributed by atoms with Crippen molar-refractivity contribution in [2.75, 3.05) is 5.32 Å². The molecule has 2 aromatic heterocycles. The van der Waals surface area contributed by atoms with Crippen LogP contribution in [-0.2, 0) is 16.3 Å². The molecule has 0 bridgehead atoms. The molecule has 6 rings (SSSR count). The van der Waals surface area contributed by atoms with E-state index in [-0.39, 0.29) is 10.6 Å². The van der Waals surface area contributed by atoms with Crippen LogP contribution in [0.3, 0.4) is 0 Å². The molecule has 4 aromatic carbocycles. The molecule has 0 radical (unpaired) electrons. The normalized spacial score (nSPS) is 12.2. The molecular weight excluding hydrogens is 627 g/mol. The summed E-state index contributed by atoms with van der Waals surface area (Å²) in [6.07, 6.45) is -4.90. The molecule has 0 saturated carbocycles. The zero-order valence-electron chi connectivity index (χ0n) is 21.7. The highest BCUT2D eigenvalue weighted by molar-refractivity contribution is 7.86. The third-order valence-electron chi connectivity index (χ3n) is 6.53. The second-order valence-corrected chi connectivity index (χ2v) is 12.8. The van der Waals surface area contributed by atoms with Gasteiger partial charge in [0.2, 0.25) is 0 Å². The van der Waals surface area contributed by atoms with Crippen molar-refractivity contribution in [3.05, 3.63) is 95.3 Å². The Morgan fingerprint density at radius 2 is 1.53 bits per heavy atom. The molecular formula is C29H16F4N3O4S3-. The van der Waals surface area contributed by atoms with Gasteiger partial charge in [-0.05, 0) is 73.2 Å². The summed E-state index contributed by atoms with van der Waals surface area (Å²) in [5, 5.41) is 3.47. The van der Waals surface area contributed by atoms with Crippen molar-refractivity contribution in [2.24, 2.45) is 0 Å². The number of nitrogens with one attached hydrogen (secondary N) is 1. The number of thiazole rings is 2. The maximum Gasteiger partial charge on any atom is 0.417 e. The number of amides is 1. The summed E-state index contributed by atoms with van der Waals surface area (Å²) in [5.41, 5.74) is 0.524. The Balaban J connectivity index is 1.27. The Morgan fingerprint density at radius 3 is 2.23 bits per heavy atom. The summed E-state index contributed by atoms with van der Waals surface area (Å²) in [4.78, 5) is 21.4. The standard InChI is InChI=1S/C29H17F4N3O4S3/c1-14-5-11-21-24(25(14)43(38,39)40)42-28(36-21)16-8-12-20-22(13-16)41-27(35-20)15-6-9-17(10-7-15)34-26(37)23-18(29(31,32)33)3-2-4-19(23)30/h2-13H,1H3,(H,34,37)(H,38,39,40)/p-1. The van der Waals surface area contributed by atoms with Crippen LogP contribution < -0.4 is 5.32 Å². The Labute approximate surface area is 249 Å². The molecule has 0 fully saturated rings. The summed E-state index contributed by atoms with van der Waals surface area (Å²) >= 11 is 2.47. The minimum atomic E-state index is -4.90. The number of alkyl halides is 3. The molecule has 0 unspecified atom stereocenters. The highest BCUT2D eigenvalue weighted by Crippen LogP contribution is 2.39. The van der Waals surface area contributed by atoms with Crippen LogP contribution in [0.2, 0.25) is 0 Å². The quantitative estimate of drug-likeness (QED) is 0.151. The lowest BCUT2D eigenvalue weighted by molar-refractivity contribution is -0.138. The van der Waals surface area contributed by atoms with Gasteiger partial charge in [-0.25, -0.2) is 22.8 Å². The van der Waals surface area contributed by atoms with Gasteiger partial charge < -0.3 is 9.87 Å². The van der Waals surface area contributed by atoms with Gasteiger partial charge in [-0.3, -0.25) is 4.79 Å². The molecule has 218 valence electrons. The van der Waals surface area contributed by atoms with Crippen molar-refractivity contribution < 1.29 is 35.3 Å². The third-order valence-corrected chi connectivity index (χ3v) is 9.89. The van der Waals surface area contributed by atoms with Crippen LogP contribution in [0.5, 0.6) is 0 Å². The molecule has 7 nitrogen and oxygen atoms in total. The highest BCUT2D eigenvalue weighted by atomic mass is 32.2. The monoisotopic (exact) mass is 642 g/mol. The van der Waals surface area contributed by atoms with Crippen molar-refractivity contribution in [2.45, 2.75) is 18.0 Å². The van der Waals surface area contributed by atoms with E-state index in [1.807, 2.05) is 6.07 Å². The largest absolute Gasteiger partial charge is 0.744 e. The van der Waals surface area contributed by atoms with Gasteiger partial charge in [-0.2, -0.15) is 13.2 Å². The molecule has 1 amide bonds. The molecule has 6 aromatic rings. The van der Waals surface area contributed by atoms with Gasteiger partial charge >= 0.3 is 6.18 Å². The van der Waals surface area contributed by atoms with Crippen LogP contribution in [0.4, 0.5) is 23.2 Å². The van der Waals surface area contributed by atoms with E-state index in [0.29, 0.717) is 48.5 Å². The van der Waals surface area contributed by atoms with Gasteiger partial charge in [-0.15, -0.1) is 22.7 Å². The van der Waals surface area contributed by atoms with E-state index in [1.54, 1.807) is 43.3 Å². The third kappa shape index (κ3) is 5.49. The van der Waals surface area contributed by atoms with Crippen LogP contribution >= 0.6 is 22.7 Å². The number of carbonyl (C=O) groups is 1. The number of halogens is 4. The second kappa shape index (κ2) is 10.5. The zero-order valence-corrected chi connectivity index (χ0v) is 24.1.